The molecule has 1 saturated heterocycles. The molecule has 0 aromatic carbocycles. The molecule has 0 aliphatic carbocycles. The van der Waals surface area contributed by atoms with Gasteiger partial charge in [-0.3, -0.25) is 14.6 Å². The first kappa shape index (κ1) is 20.8. The third-order valence-electron chi connectivity index (χ3n) is 5.31. The van der Waals surface area contributed by atoms with Crippen molar-refractivity contribution in [2.75, 3.05) is 13.1 Å². The van der Waals surface area contributed by atoms with Crippen LogP contribution in [0.4, 0.5) is 13.2 Å². The SMILES string of the molecule is C=CC(O)N1CCC(c2cnc(-c3ccc(C(F)(F)F)s3)cc2-c2ccn(C)n2)C1. The summed E-state index contributed by atoms with van der Waals surface area (Å²) in [5, 5.41) is 14.6. The summed E-state index contributed by atoms with van der Waals surface area (Å²) >= 11 is 0.682. The summed E-state index contributed by atoms with van der Waals surface area (Å²) in [6.07, 6.45) is 0.829. The van der Waals surface area contributed by atoms with E-state index in [1.807, 2.05) is 30.3 Å². The number of thiophene rings is 1. The number of aryl methyl sites for hydroxylation is 1. The molecule has 9 heteroatoms. The summed E-state index contributed by atoms with van der Waals surface area (Å²) in [5.74, 6) is 0.132. The zero-order valence-corrected chi connectivity index (χ0v) is 17.1. The van der Waals surface area contributed by atoms with Gasteiger partial charge in [0.05, 0.1) is 16.3 Å². The number of aliphatic hydroxyl groups is 1. The lowest BCUT2D eigenvalue weighted by Crippen LogP contribution is -2.31. The standard InChI is InChI=1S/C21H21F3N4OS/c1-3-20(29)28-9-6-13(12-28)15-11-25-17(10-14(15)16-7-8-27(2)26-16)18-4-5-19(30-18)21(22,23)24/h3-5,7-8,10-11,13,20,29H,1,6,9,12H2,2H3. The fourth-order valence-corrected chi connectivity index (χ4v) is 4.61. The molecule has 3 aromatic rings. The molecule has 2 atom stereocenters. The molecule has 2 unspecified atom stereocenters. The van der Waals surface area contributed by atoms with Crippen LogP contribution >= 0.6 is 11.3 Å². The lowest BCUT2D eigenvalue weighted by molar-refractivity contribution is -0.134. The fourth-order valence-electron chi connectivity index (χ4n) is 3.76. The molecule has 158 valence electrons. The van der Waals surface area contributed by atoms with Gasteiger partial charge in [-0.05, 0) is 42.3 Å². The summed E-state index contributed by atoms with van der Waals surface area (Å²) in [6, 6.07) is 6.23. The maximum absolute atomic E-state index is 13.0. The van der Waals surface area contributed by atoms with Gasteiger partial charge in [0.2, 0.25) is 0 Å². The summed E-state index contributed by atoms with van der Waals surface area (Å²) < 4.78 is 40.7. The number of hydrogen-bond donors (Lipinski definition) is 1. The van der Waals surface area contributed by atoms with E-state index in [-0.39, 0.29) is 5.92 Å². The van der Waals surface area contributed by atoms with Crippen LogP contribution in [0.5, 0.6) is 0 Å². The number of aromatic nitrogens is 3. The highest BCUT2D eigenvalue weighted by atomic mass is 32.1. The highest BCUT2D eigenvalue weighted by Crippen LogP contribution is 2.40. The molecule has 4 heterocycles. The van der Waals surface area contributed by atoms with Crippen molar-refractivity contribution in [3.05, 3.63) is 59.8 Å². The van der Waals surface area contributed by atoms with E-state index in [2.05, 4.69) is 16.7 Å². The van der Waals surface area contributed by atoms with Crippen molar-refractivity contribution in [1.82, 2.24) is 19.7 Å². The first-order chi connectivity index (χ1) is 14.3. The summed E-state index contributed by atoms with van der Waals surface area (Å²) in [7, 11) is 1.82. The van der Waals surface area contributed by atoms with E-state index < -0.39 is 17.3 Å². The highest BCUT2D eigenvalue weighted by molar-refractivity contribution is 7.15. The van der Waals surface area contributed by atoms with Crippen molar-refractivity contribution in [1.29, 1.82) is 0 Å². The molecule has 5 nitrogen and oxygen atoms in total. The van der Waals surface area contributed by atoms with E-state index in [1.54, 1.807) is 10.9 Å². The zero-order chi connectivity index (χ0) is 21.5. The Morgan fingerprint density at radius 1 is 1.30 bits per heavy atom. The molecule has 0 bridgehead atoms. The molecule has 0 radical (unpaired) electrons. The second kappa shape index (κ2) is 7.98. The van der Waals surface area contributed by atoms with Crippen LogP contribution < -0.4 is 0 Å². The van der Waals surface area contributed by atoms with Crippen molar-refractivity contribution in [3.63, 3.8) is 0 Å². The minimum atomic E-state index is -4.37. The van der Waals surface area contributed by atoms with Gasteiger partial charge in [0.1, 0.15) is 11.1 Å². The van der Waals surface area contributed by atoms with Crippen LogP contribution in [-0.4, -0.2) is 44.1 Å². The Labute approximate surface area is 176 Å². The smallest absolute Gasteiger partial charge is 0.375 e. The number of halogens is 3. The van der Waals surface area contributed by atoms with Crippen molar-refractivity contribution < 1.29 is 18.3 Å². The van der Waals surface area contributed by atoms with Gasteiger partial charge in [0.25, 0.3) is 0 Å². The summed E-state index contributed by atoms with van der Waals surface area (Å²) in [5.41, 5.74) is 3.05. The molecular weight excluding hydrogens is 413 g/mol. The maximum atomic E-state index is 13.0. The third-order valence-corrected chi connectivity index (χ3v) is 6.46. The molecule has 0 amide bonds. The first-order valence-corrected chi connectivity index (χ1v) is 10.3. The minimum absolute atomic E-state index is 0.132. The minimum Gasteiger partial charge on any atom is -0.375 e. The van der Waals surface area contributed by atoms with E-state index in [9.17, 15) is 18.3 Å². The number of likely N-dealkylation sites (tertiary alicyclic amines) is 1. The first-order valence-electron chi connectivity index (χ1n) is 9.48. The molecule has 3 aromatic heterocycles. The van der Waals surface area contributed by atoms with Crippen LogP contribution in [0.3, 0.4) is 0 Å². The number of alkyl halides is 3. The Morgan fingerprint density at radius 3 is 2.73 bits per heavy atom. The highest BCUT2D eigenvalue weighted by Gasteiger charge is 2.33. The van der Waals surface area contributed by atoms with Crippen LogP contribution in [0.1, 0.15) is 22.8 Å². The number of hydrogen-bond acceptors (Lipinski definition) is 5. The molecule has 0 spiro atoms. The van der Waals surface area contributed by atoms with Gasteiger partial charge in [0.15, 0.2) is 0 Å². The summed E-state index contributed by atoms with van der Waals surface area (Å²) in [4.78, 5) is 6.23. The second-order valence-corrected chi connectivity index (χ2v) is 8.41. The van der Waals surface area contributed by atoms with Gasteiger partial charge in [-0.15, -0.1) is 11.3 Å². The normalized spacial score (nSPS) is 18.6. The van der Waals surface area contributed by atoms with Crippen LogP contribution in [0.2, 0.25) is 0 Å². The van der Waals surface area contributed by atoms with Crippen LogP contribution in [0.15, 0.2) is 49.3 Å². The lowest BCUT2D eigenvalue weighted by atomic mass is 9.93. The maximum Gasteiger partial charge on any atom is 0.425 e. The molecule has 1 fully saturated rings. The number of nitrogens with zero attached hydrogens (tertiary/aromatic N) is 4. The van der Waals surface area contributed by atoms with Crippen LogP contribution in [0.25, 0.3) is 21.8 Å². The van der Waals surface area contributed by atoms with Crippen LogP contribution in [0, 0.1) is 0 Å². The molecule has 1 aliphatic heterocycles. The van der Waals surface area contributed by atoms with Gasteiger partial charge < -0.3 is 5.11 Å². The Hall–Kier alpha value is -2.49. The molecule has 0 saturated carbocycles. The van der Waals surface area contributed by atoms with Crippen molar-refractivity contribution in [2.24, 2.45) is 7.05 Å². The molecule has 1 aliphatic rings. The molecule has 1 N–H and O–H groups in total. The van der Waals surface area contributed by atoms with Gasteiger partial charge in [-0.2, -0.15) is 18.3 Å². The number of aliphatic hydroxyl groups excluding tert-OH is 1. The van der Waals surface area contributed by atoms with Gasteiger partial charge in [0, 0.05) is 44.0 Å². The van der Waals surface area contributed by atoms with Crippen LogP contribution in [-0.2, 0) is 13.2 Å². The Bertz CT molecular complexity index is 1060. The number of rotatable bonds is 5. The largest absolute Gasteiger partial charge is 0.425 e. The summed E-state index contributed by atoms with van der Waals surface area (Å²) in [6.45, 7) is 5.01. The second-order valence-electron chi connectivity index (χ2n) is 7.32. The van der Waals surface area contributed by atoms with Crippen molar-refractivity contribution in [2.45, 2.75) is 24.7 Å². The zero-order valence-electron chi connectivity index (χ0n) is 16.3. The quantitative estimate of drug-likeness (QED) is 0.600. The van der Waals surface area contributed by atoms with Gasteiger partial charge >= 0.3 is 6.18 Å². The Balaban J connectivity index is 1.73. The Morgan fingerprint density at radius 2 is 2.10 bits per heavy atom. The number of pyridine rings is 1. The van der Waals surface area contributed by atoms with E-state index in [4.69, 9.17) is 0 Å². The average Bonchev–Trinajstić information content (AvgIpc) is 3.46. The molecule has 30 heavy (non-hydrogen) atoms. The molecule has 4 rings (SSSR count). The van der Waals surface area contributed by atoms with Gasteiger partial charge in [-0.25, -0.2) is 0 Å². The van der Waals surface area contributed by atoms with E-state index in [1.165, 1.54) is 12.1 Å². The lowest BCUT2D eigenvalue weighted by Gasteiger charge is -2.20. The van der Waals surface area contributed by atoms with E-state index in [0.29, 0.717) is 28.5 Å². The predicted molar refractivity (Wildman–Crippen MR) is 110 cm³/mol. The monoisotopic (exact) mass is 434 g/mol. The predicted octanol–water partition coefficient (Wildman–Crippen LogP) is 4.52. The topological polar surface area (TPSA) is 54.2 Å². The average molecular weight is 434 g/mol. The third kappa shape index (κ3) is 4.05. The Kier molecular flexibility index (Phi) is 5.52. The van der Waals surface area contributed by atoms with Crippen molar-refractivity contribution in [3.8, 4) is 21.8 Å². The van der Waals surface area contributed by atoms with Gasteiger partial charge in [-0.1, -0.05) is 6.58 Å². The molecular formula is C21H21F3N4OS. The fraction of sp³-hybridized carbons (Fsp3) is 0.333. The van der Waals surface area contributed by atoms with E-state index >= 15 is 0 Å². The van der Waals surface area contributed by atoms with Crippen molar-refractivity contribution >= 4 is 11.3 Å². The van der Waals surface area contributed by atoms with E-state index in [0.717, 1.165) is 35.9 Å².